The normalized spacial score (nSPS) is 11.6. The van der Waals surface area contributed by atoms with Gasteiger partial charge in [0.1, 0.15) is 11.5 Å². The Morgan fingerprint density at radius 2 is 1.67 bits per heavy atom. The average molecular weight is 255 g/mol. The molecular formula is C13H9F4N. The van der Waals surface area contributed by atoms with E-state index in [-0.39, 0.29) is 5.69 Å². The lowest BCUT2D eigenvalue weighted by atomic mass is 10.1. The van der Waals surface area contributed by atoms with Gasteiger partial charge in [0.2, 0.25) is 0 Å². The Bertz CT molecular complexity index is 558. The van der Waals surface area contributed by atoms with Crippen LogP contribution in [0.15, 0.2) is 36.5 Å². The molecule has 1 aromatic carbocycles. The second-order valence-corrected chi connectivity index (χ2v) is 3.92. The summed E-state index contributed by atoms with van der Waals surface area (Å²) in [5.74, 6) is -0.547. The molecule has 1 aromatic heterocycles. The van der Waals surface area contributed by atoms with E-state index in [0.717, 1.165) is 12.1 Å². The van der Waals surface area contributed by atoms with E-state index in [2.05, 4.69) is 4.98 Å². The molecule has 0 aliphatic rings. The first-order chi connectivity index (χ1) is 8.38. The molecule has 0 N–H and O–H groups in total. The van der Waals surface area contributed by atoms with E-state index in [0.29, 0.717) is 11.1 Å². The molecule has 0 aliphatic carbocycles. The van der Waals surface area contributed by atoms with Gasteiger partial charge in [0, 0.05) is 11.8 Å². The Morgan fingerprint density at radius 3 is 2.17 bits per heavy atom. The summed E-state index contributed by atoms with van der Waals surface area (Å²) in [5, 5.41) is 0. The third-order valence-electron chi connectivity index (χ3n) is 2.46. The molecule has 0 spiro atoms. The van der Waals surface area contributed by atoms with Crippen LogP contribution in [0.3, 0.4) is 0 Å². The summed E-state index contributed by atoms with van der Waals surface area (Å²) in [7, 11) is 0. The van der Waals surface area contributed by atoms with Crippen molar-refractivity contribution in [3.05, 3.63) is 53.5 Å². The number of nitrogens with zero attached hydrogens (tertiary/aromatic N) is 1. The van der Waals surface area contributed by atoms with Crippen molar-refractivity contribution in [2.45, 2.75) is 13.1 Å². The fraction of sp³-hybridized carbons (Fsp3) is 0.154. The van der Waals surface area contributed by atoms with Crippen molar-refractivity contribution >= 4 is 0 Å². The SMILES string of the molecule is Cc1cnc(-c2ccc(C(F)(F)F)cc2)c(F)c1. The number of aryl methyl sites for hydroxylation is 1. The largest absolute Gasteiger partial charge is 0.416 e. The van der Waals surface area contributed by atoms with Gasteiger partial charge in [0.25, 0.3) is 0 Å². The summed E-state index contributed by atoms with van der Waals surface area (Å²) in [5.41, 5.74) is 0.261. The van der Waals surface area contributed by atoms with Crippen LogP contribution in [-0.2, 0) is 6.18 Å². The zero-order valence-corrected chi connectivity index (χ0v) is 9.42. The Kier molecular flexibility index (Phi) is 3.07. The number of pyridine rings is 1. The number of halogens is 4. The number of hydrogen-bond acceptors (Lipinski definition) is 1. The van der Waals surface area contributed by atoms with Crippen LogP contribution in [-0.4, -0.2) is 4.98 Å². The molecule has 1 nitrogen and oxygen atoms in total. The first-order valence-electron chi connectivity index (χ1n) is 5.18. The van der Waals surface area contributed by atoms with Crippen LogP contribution in [0.1, 0.15) is 11.1 Å². The van der Waals surface area contributed by atoms with Gasteiger partial charge >= 0.3 is 6.18 Å². The van der Waals surface area contributed by atoms with Gasteiger partial charge in [0.05, 0.1) is 5.56 Å². The molecule has 0 saturated heterocycles. The molecule has 2 rings (SSSR count). The lowest BCUT2D eigenvalue weighted by Crippen LogP contribution is -2.04. The number of aromatic nitrogens is 1. The fourth-order valence-electron chi connectivity index (χ4n) is 1.56. The molecule has 0 atom stereocenters. The van der Waals surface area contributed by atoms with E-state index in [1.54, 1.807) is 6.92 Å². The quantitative estimate of drug-likeness (QED) is 0.695. The molecule has 2 aromatic rings. The summed E-state index contributed by atoms with van der Waals surface area (Å²) >= 11 is 0. The molecule has 0 bridgehead atoms. The van der Waals surface area contributed by atoms with Gasteiger partial charge < -0.3 is 0 Å². The van der Waals surface area contributed by atoms with Crippen LogP contribution in [0.25, 0.3) is 11.3 Å². The van der Waals surface area contributed by atoms with Crippen LogP contribution in [0.4, 0.5) is 17.6 Å². The van der Waals surface area contributed by atoms with Crippen LogP contribution in [0.2, 0.25) is 0 Å². The highest BCUT2D eigenvalue weighted by Crippen LogP contribution is 2.31. The first kappa shape index (κ1) is 12.5. The second-order valence-electron chi connectivity index (χ2n) is 3.92. The average Bonchev–Trinajstić information content (AvgIpc) is 2.28. The first-order valence-corrected chi connectivity index (χ1v) is 5.18. The minimum Gasteiger partial charge on any atom is -0.253 e. The predicted octanol–water partition coefficient (Wildman–Crippen LogP) is 4.21. The maximum atomic E-state index is 13.6. The van der Waals surface area contributed by atoms with Gasteiger partial charge in [-0.05, 0) is 30.7 Å². The maximum absolute atomic E-state index is 13.6. The highest BCUT2D eigenvalue weighted by Gasteiger charge is 2.30. The minimum atomic E-state index is -4.39. The Balaban J connectivity index is 2.41. The number of hydrogen-bond donors (Lipinski definition) is 0. The van der Waals surface area contributed by atoms with Gasteiger partial charge in [-0.25, -0.2) is 4.39 Å². The third-order valence-corrected chi connectivity index (χ3v) is 2.46. The summed E-state index contributed by atoms with van der Waals surface area (Å²) < 4.78 is 50.7. The van der Waals surface area contributed by atoms with E-state index < -0.39 is 17.6 Å². The minimum absolute atomic E-state index is 0.0503. The van der Waals surface area contributed by atoms with Gasteiger partial charge in [-0.1, -0.05) is 12.1 Å². The van der Waals surface area contributed by atoms with E-state index in [1.807, 2.05) is 0 Å². The molecule has 0 fully saturated rings. The molecule has 18 heavy (non-hydrogen) atoms. The van der Waals surface area contributed by atoms with Crippen molar-refractivity contribution in [3.63, 3.8) is 0 Å². The molecule has 0 saturated carbocycles. The molecule has 0 unspecified atom stereocenters. The molecule has 1 heterocycles. The molecule has 0 radical (unpaired) electrons. The van der Waals surface area contributed by atoms with Crippen LogP contribution in [0.5, 0.6) is 0 Å². The van der Waals surface area contributed by atoms with Gasteiger partial charge in [-0.3, -0.25) is 4.98 Å². The smallest absolute Gasteiger partial charge is 0.253 e. The zero-order valence-electron chi connectivity index (χ0n) is 9.42. The Hall–Kier alpha value is -1.91. The van der Waals surface area contributed by atoms with Gasteiger partial charge in [-0.2, -0.15) is 13.2 Å². The summed E-state index contributed by atoms with van der Waals surface area (Å²) in [4.78, 5) is 3.88. The van der Waals surface area contributed by atoms with E-state index in [9.17, 15) is 17.6 Å². The fourth-order valence-corrected chi connectivity index (χ4v) is 1.56. The Morgan fingerprint density at radius 1 is 1.06 bits per heavy atom. The number of rotatable bonds is 1. The molecule has 0 aliphatic heterocycles. The molecular weight excluding hydrogens is 246 g/mol. The lowest BCUT2D eigenvalue weighted by Gasteiger charge is -2.08. The standard InChI is InChI=1S/C13H9F4N/c1-8-6-11(14)12(18-7-8)9-2-4-10(5-3-9)13(15,16)17/h2-7H,1H3. The monoisotopic (exact) mass is 255 g/mol. The Labute approximate surface area is 101 Å². The molecule has 94 valence electrons. The van der Waals surface area contributed by atoms with Crippen molar-refractivity contribution < 1.29 is 17.6 Å². The van der Waals surface area contributed by atoms with Crippen LogP contribution >= 0.6 is 0 Å². The van der Waals surface area contributed by atoms with Crippen molar-refractivity contribution in [3.8, 4) is 11.3 Å². The summed E-state index contributed by atoms with van der Waals surface area (Å²) in [6.07, 6.45) is -2.92. The van der Waals surface area contributed by atoms with Crippen molar-refractivity contribution in [1.82, 2.24) is 4.98 Å². The van der Waals surface area contributed by atoms with E-state index in [1.165, 1.54) is 24.4 Å². The predicted molar refractivity (Wildman–Crippen MR) is 59.4 cm³/mol. The second kappa shape index (κ2) is 4.40. The number of benzene rings is 1. The zero-order chi connectivity index (χ0) is 13.3. The van der Waals surface area contributed by atoms with Crippen LogP contribution in [0, 0.1) is 12.7 Å². The maximum Gasteiger partial charge on any atom is 0.416 e. The van der Waals surface area contributed by atoms with Gasteiger partial charge in [-0.15, -0.1) is 0 Å². The summed E-state index contributed by atoms with van der Waals surface area (Å²) in [6, 6.07) is 5.54. The summed E-state index contributed by atoms with van der Waals surface area (Å²) in [6.45, 7) is 1.69. The van der Waals surface area contributed by atoms with Crippen molar-refractivity contribution in [2.24, 2.45) is 0 Å². The van der Waals surface area contributed by atoms with E-state index in [4.69, 9.17) is 0 Å². The molecule has 0 amide bonds. The van der Waals surface area contributed by atoms with Gasteiger partial charge in [0.15, 0.2) is 0 Å². The topological polar surface area (TPSA) is 12.9 Å². The molecule has 5 heteroatoms. The third kappa shape index (κ3) is 2.50. The van der Waals surface area contributed by atoms with E-state index >= 15 is 0 Å². The van der Waals surface area contributed by atoms with Crippen molar-refractivity contribution in [2.75, 3.05) is 0 Å². The number of alkyl halides is 3. The highest BCUT2D eigenvalue weighted by atomic mass is 19.4. The lowest BCUT2D eigenvalue weighted by molar-refractivity contribution is -0.137. The highest BCUT2D eigenvalue weighted by molar-refractivity contribution is 5.60. The van der Waals surface area contributed by atoms with Crippen LogP contribution < -0.4 is 0 Å². The van der Waals surface area contributed by atoms with Crippen molar-refractivity contribution in [1.29, 1.82) is 0 Å².